The molecule has 0 atom stereocenters. The van der Waals surface area contributed by atoms with Gasteiger partial charge in [0.25, 0.3) is 5.91 Å². The number of aryl methyl sites for hydroxylation is 2. The van der Waals surface area contributed by atoms with Crippen molar-refractivity contribution in [2.45, 2.75) is 34.2 Å². The highest BCUT2D eigenvalue weighted by molar-refractivity contribution is 6.33. The lowest BCUT2D eigenvalue weighted by Gasteiger charge is -2.09. The van der Waals surface area contributed by atoms with Crippen LogP contribution in [0.1, 0.15) is 35.5 Å². The standard InChI is InChI=1S/C16H19ClFN3O/c1-9(2)8-21-15(17)14(11(4)20-21)16(22)19-13-6-5-12(18)7-10(13)3/h5-7,9H,8H2,1-4H3,(H,19,22). The minimum atomic E-state index is -0.341. The van der Waals surface area contributed by atoms with E-state index in [0.717, 1.165) is 0 Å². The molecule has 6 heteroatoms. The Morgan fingerprint density at radius 2 is 2.09 bits per heavy atom. The number of rotatable bonds is 4. The quantitative estimate of drug-likeness (QED) is 0.916. The van der Waals surface area contributed by atoms with Crippen LogP contribution < -0.4 is 5.32 Å². The van der Waals surface area contributed by atoms with Crippen molar-refractivity contribution in [2.24, 2.45) is 5.92 Å². The van der Waals surface area contributed by atoms with E-state index in [1.165, 1.54) is 18.2 Å². The maximum atomic E-state index is 13.1. The van der Waals surface area contributed by atoms with Gasteiger partial charge < -0.3 is 5.32 Å². The highest BCUT2D eigenvalue weighted by atomic mass is 35.5. The smallest absolute Gasteiger partial charge is 0.260 e. The number of hydrogen-bond donors (Lipinski definition) is 1. The summed E-state index contributed by atoms with van der Waals surface area (Å²) in [5, 5.41) is 7.39. The van der Waals surface area contributed by atoms with Crippen molar-refractivity contribution in [2.75, 3.05) is 5.32 Å². The van der Waals surface area contributed by atoms with Gasteiger partial charge in [-0.15, -0.1) is 0 Å². The Kier molecular flexibility index (Phi) is 4.86. The third kappa shape index (κ3) is 3.47. The second-order valence-corrected chi connectivity index (χ2v) is 6.10. The van der Waals surface area contributed by atoms with E-state index in [2.05, 4.69) is 24.3 Å². The average molecular weight is 324 g/mol. The molecule has 1 heterocycles. The number of carbonyl (C=O) groups excluding carboxylic acids is 1. The number of hydrogen-bond acceptors (Lipinski definition) is 2. The summed E-state index contributed by atoms with van der Waals surface area (Å²) in [5.74, 6) is -0.311. The Morgan fingerprint density at radius 1 is 1.41 bits per heavy atom. The maximum absolute atomic E-state index is 13.1. The van der Waals surface area contributed by atoms with Crippen molar-refractivity contribution >= 4 is 23.2 Å². The van der Waals surface area contributed by atoms with Gasteiger partial charge >= 0.3 is 0 Å². The van der Waals surface area contributed by atoms with Gasteiger partial charge in [-0.05, 0) is 43.5 Å². The van der Waals surface area contributed by atoms with E-state index in [1.54, 1.807) is 18.5 Å². The number of benzene rings is 1. The first kappa shape index (κ1) is 16.5. The average Bonchev–Trinajstić information content (AvgIpc) is 2.67. The van der Waals surface area contributed by atoms with Crippen LogP contribution in [0.4, 0.5) is 10.1 Å². The second-order valence-electron chi connectivity index (χ2n) is 5.74. The second kappa shape index (κ2) is 6.48. The molecule has 4 nitrogen and oxygen atoms in total. The van der Waals surface area contributed by atoms with Crippen molar-refractivity contribution in [3.05, 3.63) is 46.0 Å². The van der Waals surface area contributed by atoms with Gasteiger partial charge in [0.2, 0.25) is 0 Å². The molecule has 0 aliphatic rings. The van der Waals surface area contributed by atoms with Crippen molar-refractivity contribution in [3.63, 3.8) is 0 Å². The fourth-order valence-electron chi connectivity index (χ4n) is 2.23. The molecule has 1 aromatic heterocycles. The predicted octanol–water partition coefficient (Wildman–Crippen LogP) is 4.20. The third-order valence-corrected chi connectivity index (χ3v) is 3.65. The topological polar surface area (TPSA) is 46.9 Å². The van der Waals surface area contributed by atoms with Crippen molar-refractivity contribution in [3.8, 4) is 0 Å². The largest absolute Gasteiger partial charge is 0.322 e. The number of carbonyl (C=O) groups is 1. The molecule has 1 aromatic carbocycles. The van der Waals surface area contributed by atoms with E-state index < -0.39 is 0 Å². The molecule has 0 bridgehead atoms. The predicted molar refractivity (Wildman–Crippen MR) is 85.9 cm³/mol. The monoisotopic (exact) mass is 323 g/mol. The van der Waals surface area contributed by atoms with Gasteiger partial charge in [0.1, 0.15) is 11.0 Å². The van der Waals surface area contributed by atoms with Crippen molar-refractivity contribution < 1.29 is 9.18 Å². The number of nitrogens with zero attached hydrogens (tertiary/aromatic N) is 2. The fraction of sp³-hybridized carbons (Fsp3) is 0.375. The van der Waals surface area contributed by atoms with Crippen LogP contribution in [0, 0.1) is 25.6 Å². The van der Waals surface area contributed by atoms with Crippen LogP contribution in [0.15, 0.2) is 18.2 Å². The van der Waals surface area contributed by atoms with Gasteiger partial charge in [-0.2, -0.15) is 5.10 Å². The van der Waals surface area contributed by atoms with E-state index in [4.69, 9.17) is 11.6 Å². The molecule has 1 N–H and O–H groups in total. The van der Waals surface area contributed by atoms with Crippen molar-refractivity contribution in [1.82, 2.24) is 9.78 Å². The number of amides is 1. The van der Waals surface area contributed by atoms with Crippen molar-refractivity contribution in [1.29, 1.82) is 0 Å². The normalized spacial score (nSPS) is 11.0. The Hall–Kier alpha value is -1.88. The Labute approximate surface area is 134 Å². The molecule has 0 unspecified atom stereocenters. The van der Waals surface area contributed by atoms with Gasteiger partial charge in [-0.3, -0.25) is 9.48 Å². The molecule has 0 fully saturated rings. The van der Waals surface area contributed by atoms with Gasteiger partial charge in [0.15, 0.2) is 0 Å². The SMILES string of the molecule is Cc1cc(F)ccc1NC(=O)c1c(C)nn(CC(C)C)c1Cl. The van der Waals surface area contributed by atoms with E-state index in [-0.39, 0.29) is 11.7 Å². The van der Waals surface area contributed by atoms with E-state index in [1.807, 2.05) is 0 Å². The first-order valence-corrected chi connectivity index (χ1v) is 7.47. The van der Waals surface area contributed by atoms with Crippen LogP contribution in [0.5, 0.6) is 0 Å². The van der Waals surface area contributed by atoms with Gasteiger partial charge in [0, 0.05) is 12.2 Å². The van der Waals surface area contributed by atoms with Crippen LogP contribution in [0.3, 0.4) is 0 Å². The van der Waals surface area contributed by atoms with Gasteiger partial charge in [0.05, 0.1) is 11.3 Å². The number of halogens is 2. The summed E-state index contributed by atoms with van der Waals surface area (Å²) in [6, 6.07) is 4.20. The van der Waals surface area contributed by atoms with Gasteiger partial charge in [-0.1, -0.05) is 25.4 Å². The lowest BCUT2D eigenvalue weighted by atomic mass is 10.1. The minimum Gasteiger partial charge on any atom is -0.322 e. The van der Waals surface area contributed by atoms with E-state index >= 15 is 0 Å². The molecule has 2 rings (SSSR count). The fourth-order valence-corrected chi connectivity index (χ4v) is 2.56. The zero-order chi connectivity index (χ0) is 16.4. The molecular formula is C16H19ClFN3O. The highest BCUT2D eigenvalue weighted by Crippen LogP contribution is 2.23. The lowest BCUT2D eigenvalue weighted by molar-refractivity contribution is 0.102. The van der Waals surface area contributed by atoms with Crippen LogP contribution in [0.25, 0.3) is 0 Å². The Bertz CT molecular complexity index is 710. The van der Waals surface area contributed by atoms with Crippen LogP contribution in [-0.4, -0.2) is 15.7 Å². The molecule has 0 aliphatic heterocycles. The molecule has 22 heavy (non-hydrogen) atoms. The summed E-state index contributed by atoms with van der Waals surface area (Å²) in [4.78, 5) is 12.4. The summed E-state index contributed by atoms with van der Waals surface area (Å²) in [7, 11) is 0. The number of nitrogens with one attached hydrogen (secondary N) is 1. The van der Waals surface area contributed by atoms with Gasteiger partial charge in [-0.25, -0.2) is 4.39 Å². The first-order valence-electron chi connectivity index (χ1n) is 7.10. The summed E-state index contributed by atoms with van der Waals surface area (Å²) >= 11 is 6.28. The molecule has 118 valence electrons. The minimum absolute atomic E-state index is 0.323. The molecule has 0 aliphatic carbocycles. The molecule has 0 saturated heterocycles. The molecule has 1 amide bonds. The molecule has 2 aromatic rings. The van der Waals surface area contributed by atoms with Crippen LogP contribution in [0.2, 0.25) is 5.15 Å². The summed E-state index contributed by atoms with van der Waals surface area (Å²) in [6.07, 6.45) is 0. The Morgan fingerprint density at radius 3 is 2.68 bits per heavy atom. The molecule has 0 radical (unpaired) electrons. The van der Waals surface area contributed by atoms with Crippen LogP contribution in [-0.2, 0) is 6.54 Å². The zero-order valence-corrected chi connectivity index (χ0v) is 13.8. The summed E-state index contributed by atoms with van der Waals surface area (Å²) in [6.45, 7) is 8.22. The molecule has 0 spiro atoms. The Balaban J connectivity index is 2.28. The lowest BCUT2D eigenvalue weighted by Crippen LogP contribution is -2.14. The molecular weight excluding hydrogens is 305 g/mol. The highest BCUT2D eigenvalue weighted by Gasteiger charge is 2.21. The van der Waals surface area contributed by atoms with E-state index in [9.17, 15) is 9.18 Å². The van der Waals surface area contributed by atoms with E-state index in [0.29, 0.717) is 40.1 Å². The van der Waals surface area contributed by atoms with Crippen LogP contribution >= 0.6 is 11.6 Å². The third-order valence-electron chi connectivity index (χ3n) is 3.27. The molecule has 0 saturated carbocycles. The summed E-state index contributed by atoms with van der Waals surface area (Å²) < 4.78 is 14.7. The summed E-state index contributed by atoms with van der Waals surface area (Å²) in [5.41, 5.74) is 2.13. The number of anilines is 1. The zero-order valence-electron chi connectivity index (χ0n) is 13.1. The first-order chi connectivity index (χ1) is 10.3. The number of aromatic nitrogens is 2. The maximum Gasteiger partial charge on any atom is 0.260 e.